The summed E-state index contributed by atoms with van der Waals surface area (Å²) in [4.78, 5) is 9.59. The fourth-order valence-corrected chi connectivity index (χ4v) is 1.17. The van der Waals surface area contributed by atoms with E-state index in [1.165, 1.54) is 0 Å². The van der Waals surface area contributed by atoms with Crippen LogP contribution in [0.2, 0.25) is 0 Å². The Kier molecular flexibility index (Phi) is 3.11. The minimum Gasteiger partial charge on any atom is -0.323 e. The van der Waals surface area contributed by atoms with Gasteiger partial charge in [0.25, 0.3) is 5.69 Å². The average Bonchev–Trinajstić information content (AvgIpc) is 2.16. The van der Waals surface area contributed by atoms with Crippen molar-refractivity contribution in [2.45, 2.75) is 6.18 Å². The first-order valence-electron chi connectivity index (χ1n) is 3.95. The molecule has 16 heavy (non-hydrogen) atoms. The number of benzene rings is 1. The molecule has 2 N–H and O–H groups in total. The highest BCUT2D eigenvalue weighted by atomic mass is 19.4. The van der Waals surface area contributed by atoms with Gasteiger partial charge in [0.15, 0.2) is 0 Å². The summed E-state index contributed by atoms with van der Waals surface area (Å²) < 4.78 is 37.5. The van der Waals surface area contributed by atoms with Crippen molar-refractivity contribution in [3.63, 3.8) is 0 Å². The van der Waals surface area contributed by atoms with Crippen molar-refractivity contribution in [3.05, 3.63) is 39.4 Å². The molecule has 8 heteroatoms. The highest BCUT2D eigenvalue weighted by Gasteiger charge is 2.35. The molecule has 86 valence electrons. The molecule has 0 spiro atoms. The second-order valence-electron chi connectivity index (χ2n) is 2.77. The number of alkyl halides is 3. The number of nitrogens with two attached hydrogens (primary N) is 1. The van der Waals surface area contributed by atoms with Gasteiger partial charge in [0.05, 0.1) is 22.3 Å². The Bertz CT molecular complexity index is 443. The van der Waals surface area contributed by atoms with Crippen LogP contribution in [0.5, 0.6) is 0 Å². The molecule has 0 atom stereocenters. The first-order chi connectivity index (χ1) is 7.38. The van der Waals surface area contributed by atoms with Gasteiger partial charge in [-0.15, -0.1) is 0 Å². The van der Waals surface area contributed by atoms with Crippen LogP contribution >= 0.6 is 0 Å². The summed E-state index contributed by atoms with van der Waals surface area (Å²) in [5.74, 6) is 4.72. The Morgan fingerprint density at radius 3 is 2.50 bits per heavy atom. The van der Waals surface area contributed by atoms with Gasteiger partial charge in [0.1, 0.15) is 0 Å². The number of hydrogen-bond donors (Lipinski definition) is 1. The minimum absolute atomic E-state index is 0.612. The number of nitro groups is 1. The topological polar surface area (TPSA) is 81.5 Å². The Balaban J connectivity index is 3.51. The largest absolute Gasteiger partial charge is 0.417 e. The molecule has 0 aromatic heterocycles. The van der Waals surface area contributed by atoms with Gasteiger partial charge in [0.2, 0.25) is 0 Å². The summed E-state index contributed by atoms with van der Waals surface area (Å²) >= 11 is 0. The van der Waals surface area contributed by atoms with Crippen LogP contribution in [0, 0.1) is 10.1 Å². The lowest BCUT2D eigenvalue weighted by Crippen LogP contribution is -2.11. The molecular formula is C8H6F3N3O2. The Hall–Kier alpha value is -2.12. The Morgan fingerprint density at radius 2 is 2.06 bits per heavy atom. The van der Waals surface area contributed by atoms with Gasteiger partial charge in [-0.2, -0.15) is 18.3 Å². The predicted molar refractivity (Wildman–Crippen MR) is 49.9 cm³/mol. The van der Waals surface area contributed by atoms with Crippen LogP contribution in [-0.4, -0.2) is 11.1 Å². The van der Waals surface area contributed by atoms with E-state index in [1.807, 2.05) is 0 Å². The molecule has 1 aromatic carbocycles. The van der Waals surface area contributed by atoms with E-state index in [2.05, 4.69) is 5.10 Å². The molecule has 0 aliphatic rings. The second-order valence-corrected chi connectivity index (χ2v) is 2.77. The van der Waals surface area contributed by atoms with Crippen molar-refractivity contribution in [1.82, 2.24) is 0 Å². The molecule has 0 aliphatic heterocycles. The van der Waals surface area contributed by atoms with E-state index in [0.29, 0.717) is 6.21 Å². The van der Waals surface area contributed by atoms with E-state index in [4.69, 9.17) is 5.84 Å². The molecule has 0 fully saturated rings. The van der Waals surface area contributed by atoms with Crippen LogP contribution in [0.25, 0.3) is 0 Å². The normalized spacial score (nSPS) is 11.9. The van der Waals surface area contributed by atoms with Crippen molar-refractivity contribution in [2.75, 3.05) is 0 Å². The zero-order chi connectivity index (χ0) is 12.3. The van der Waals surface area contributed by atoms with E-state index in [1.54, 1.807) is 0 Å². The molecular weight excluding hydrogens is 227 g/mol. The SMILES string of the molecule is NN=Cc1c([N+](=O)[O-])cccc1C(F)(F)F. The minimum atomic E-state index is -4.69. The lowest BCUT2D eigenvalue weighted by molar-refractivity contribution is -0.385. The van der Waals surface area contributed by atoms with Gasteiger partial charge in [-0.1, -0.05) is 6.07 Å². The molecule has 0 aliphatic carbocycles. The molecule has 0 heterocycles. The molecule has 0 radical (unpaired) electrons. The monoisotopic (exact) mass is 233 g/mol. The van der Waals surface area contributed by atoms with E-state index in [9.17, 15) is 23.3 Å². The first-order valence-corrected chi connectivity index (χ1v) is 3.95. The van der Waals surface area contributed by atoms with Crippen molar-refractivity contribution >= 4 is 11.9 Å². The predicted octanol–water partition coefficient (Wildman–Crippen LogP) is 1.91. The van der Waals surface area contributed by atoms with Crippen molar-refractivity contribution in [1.29, 1.82) is 0 Å². The van der Waals surface area contributed by atoms with E-state index >= 15 is 0 Å². The van der Waals surface area contributed by atoms with Gasteiger partial charge in [-0.25, -0.2) is 0 Å². The van der Waals surface area contributed by atoms with E-state index in [-0.39, 0.29) is 0 Å². The second kappa shape index (κ2) is 4.17. The molecule has 0 amide bonds. The maximum Gasteiger partial charge on any atom is 0.417 e. The molecule has 0 saturated carbocycles. The molecule has 0 saturated heterocycles. The van der Waals surface area contributed by atoms with Crippen molar-refractivity contribution in [2.24, 2.45) is 10.9 Å². The molecule has 5 nitrogen and oxygen atoms in total. The summed E-state index contributed by atoms with van der Waals surface area (Å²) in [7, 11) is 0. The van der Waals surface area contributed by atoms with Crippen molar-refractivity contribution in [3.8, 4) is 0 Å². The number of halogens is 3. The van der Waals surface area contributed by atoms with Crippen LogP contribution in [-0.2, 0) is 6.18 Å². The fourth-order valence-electron chi connectivity index (χ4n) is 1.17. The molecule has 0 unspecified atom stereocenters. The van der Waals surface area contributed by atoms with E-state index < -0.39 is 27.9 Å². The fraction of sp³-hybridized carbons (Fsp3) is 0.125. The number of hydrogen-bond acceptors (Lipinski definition) is 4. The zero-order valence-corrected chi connectivity index (χ0v) is 7.73. The maximum absolute atomic E-state index is 12.5. The number of rotatable bonds is 2. The third-order valence-electron chi connectivity index (χ3n) is 1.79. The number of nitrogens with zero attached hydrogens (tertiary/aromatic N) is 2. The summed E-state index contributed by atoms with van der Waals surface area (Å²) in [6.07, 6.45) is -4.08. The number of nitro benzene ring substituents is 1. The molecule has 1 aromatic rings. The maximum atomic E-state index is 12.5. The first kappa shape index (κ1) is 12.0. The van der Waals surface area contributed by atoms with Crippen LogP contribution in [0.1, 0.15) is 11.1 Å². The van der Waals surface area contributed by atoms with Crippen LogP contribution in [0.3, 0.4) is 0 Å². The summed E-state index contributed by atoms with van der Waals surface area (Å²) in [5.41, 5.74) is -2.48. The Morgan fingerprint density at radius 1 is 1.44 bits per heavy atom. The quantitative estimate of drug-likeness (QED) is 0.366. The third-order valence-corrected chi connectivity index (χ3v) is 1.79. The number of hydrazone groups is 1. The highest BCUT2D eigenvalue weighted by Crippen LogP contribution is 2.34. The third kappa shape index (κ3) is 2.27. The van der Waals surface area contributed by atoms with Gasteiger partial charge in [0, 0.05) is 6.07 Å². The standard InChI is InChI=1S/C8H6F3N3O2/c9-8(10,11)6-2-1-3-7(14(15)16)5(6)4-13-12/h1-4H,12H2. The molecule has 1 rings (SSSR count). The lowest BCUT2D eigenvalue weighted by Gasteiger charge is -2.09. The van der Waals surface area contributed by atoms with Gasteiger partial charge in [-0.3, -0.25) is 10.1 Å². The van der Waals surface area contributed by atoms with Gasteiger partial charge < -0.3 is 5.84 Å². The van der Waals surface area contributed by atoms with Crippen LogP contribution in [0.15, 0.2) is 23.3 Å². The Labute approximate surface area is 87.5 Å². The van der Waals surface area contributed by atoms with Gasteiger partial charge in [-0.05, 0) is 6.07 Å². The lowest BCUT2D eigenvalue weighted by atomic mass is 10.1. The summed E-state index contributed by atoms with van der Waals surface area (Å²) in [6.45, 7) is 0. The van der Waals surface area contributed by atoms with Gasteiger partial charge >= 0.3 is 6.18 Å². The smallest absolute Gasteiger partial charge is 0.323 e. The average molecular weight is 233 g/mol. The molecule has 0 bridgehead atoms. The van der Waals surface area contributed by atoms with Crippen LogP contribution < -0.4 is 5.84 Å². The van der Waals surface area contributed by atoms with Crippen molar-refractivity contribution < 1.29 is 18.1 Å². The van der Waals surface area contributed by atoms with Crippen LogP contribution in [0.4, 0.5) is 18.9 Å². The highest BCUT2D eigenvalue weighted by molar-refractivity contribution is 5.87. The zero-order valence-electron chi connectivity index (χ0n) is 7.73. The van der Waals surface area contributed by atoms with E-state index in [0.717, 1.165) is 18.2 Å². The summed E-state index contributed by atoms with van der Waals surface area (Å²) in [6, 6.07) is 2.63. The summed E-state index contributed by atoms with van der Waals surface area (Å²) in [5, 5.41) is 13.4.